The van der Waals surface area contributed by atoms with Gasteiger partial charge in [-0.15, -0.1) is 0 Å². The van der Waals surface area contributed by atoms with E-state index in [9.17, 15) is 9.18 Å². The summed E-state index contributed by atoms with van der Waals surface area (Å²) in [4.78, 5) is 10.8. The summed E-state index contributed by atoms with van der Waals surface area (Å²) in [6, 6.07) is 9.22. The van der Waals surface area contributed by atoms with Crippen molar-refractivity contribution in [1.82, 2.24) is 0 Å². The molecular weight excluding hydrogens is 283 g/mol. The Morgan fingerprint density at radius 3 is 2.75 bits per heavy atom. The molecule has 104 valence electrons. The van der Waals surface area contributed by atoms with E-state index in [2.05, 4.69) is 0 Å². The molecule has 0 aromatic heterocycles. The van der Waals surface area contributed by atoms with Crippen LogP contribution in [-0.4, -0.2) is 13.4 Å². The van der Waals surface area contributed by atoms with Crippen LogP contribution in [-0.2, 0) is 6.61 Å². The van der Waals surface area contributed by atoms with Crippen LogP contribution in [0.25, 0.3) is 0 Å². The number of hydrogen-bond donors (Lipinski definition) is 0. The van der Waals surface area contributed by atoms with Crippen LogP contribution in [0.4, 0.5) is 4.39 Å². The molecule has 0 unspecified atom stereocenters. The van der Waals surface area contributed by atoms with Crippen LogP contribution in [0, 0.1) is 5.82 Å². The number of methoxy groups -OCH3 is 1. The fourth-order valence-corrected chi connectivity index (χ4v) is 1.97. The molecule has 20 heavy (non-hydrogen) atoms. The van der Waals surface area contributed by atoms with Gasteiger partial charge in [-0.1, -0.05) is 17.7 Å². The number of carbonyl (C=O) groups excluding carboxylic acids is 1. The average Bonchev–Trinajstić information content (AvgIpc) is 2.46. The summed E-state index contributed by atoms with van der Waals surface area (Å²) in [5, 5.41) is 0.190. The fourth-order valence-electron chi connectivity index (χ4n) is 1.75. The highest BCUT2D eigenvalue weighted by Crippen LogP contribution is 2.29. The molecule has 3 nitrogen and oxygen atoms in total. The molecule has 0 aliphatic rings. The molecule has 0 saturated carbocycles. The lowest BCUT2D eigenvalue weighted by Gasteiger charge is -2.12. The van der Waals surface area contributed by atoms with Crippen molar-refractivity contribution in [2.45, 2.75) is 6.61 Å². The van der Waals surface area contributed by atoms with Gasteiger partial charge in [-0.25, -0.2) is 4.39 Å². The van der Waals surface area contributed by atoms with Gasteiger partial charge in [0.1, 0.15) is 18.6 Å². The Bertz CT molecular complexity index is 608. The fraction of sp³-hybridized carbons (Fsp3) is 0.133. The molecule has 0 saturated heterocycles. The predicted molar refractivity (Wildman–Crippen MR) is 74.1 cm³/mol. The number of ether oxygens (including phenoxy) is 2. The van der Waals surface area contributed by atoms with Crippen LogP contribution in [0.3, 0.4) is 0 Å². The molecule has 0 bridgehead atoms. The van der Waals surface area contributed by atoms with Crippen molar-refractivity contribution in [3.8, 4) is 11.5 Å². The molecular formula is C15H12ClFO3. The van der Waals surface area contributed by atoms with Gasteiger partial charge in [-0.05, 0) is 30.3 Å². The Hall–Kier alpha value is -2.07. The largest absolute Gasteiger partial charge is 0.496 e. The lowest BCUT2D eigenvalue weighted by Crippen LogP contribution is -2.01. The van der Waals surface area contributed by atoms with Crippen LogP contribution in [0.1, 0.15) is 15.9 Å². The van der Waals surface area contributed by atoms with Crippen molar-refractivity contribution in [3.05, 3.63) is 58.4 Å². The highest BCUT2D eigenvalue weighted by molar-refractivity contribution is 6.32. The minimum absolute atomic E-state index is 0.0206. The third-order valence-electron chi connectivity index (χ3n) is 2.73. The number of halogens is 2. The lowest BCUT2D eigenvalue weighted by atomic mass is 10.1. The number of benzene rings is 2. The Kier molecular flexibility index (Phi) is 4.58. The number of rotatable bonds is 5. The van der Waals surface area contributed by atoms with E-state index in [0.717, 1.165) is 6.29 Å². The standard InChI is InChI=1S/C15H12ClFO3/c1-19-14-6-5-10(8-18)7-11(14)9-20-15-12(16)3-2-4-13(15)17/h2-8H,9H2,1H3. The van der Waals surface area contributed by atoms with Crippen molar-refractivity contribution in [1.29, 1.82) is 0 Å². The van der Waals surface area contributed by atoms with E-state index in [-0.39, 0.29) is 17.4 Å². The SMILES string of the molecule is COc1ccc(C=O)cc1COc1c(F)cccc1Cl. The second-order valence-electron chi connectivity index (χ2n) is 4.03. The molecule has 0 amide bonds. The molecule has 0 N–H and O–H groups in total. The summed E-state index contributed by atoms with van der Waals surface area (Å²) < 4.78 is 24.1. The van der Waals surface area contributed by atoms with Gasteiger partial charge in [0.05, 0.1) is 12.1 Å². The van der Waals surface area contributed by atoms with Crippen molar-refractivity contribution in [2.75, 3.05) is 7.11 Å². The van der Waals surface area contributed by atoms with Gasteiger partial charge in [-0.3, -0.25) is 4.79 Å². The van der Waals surface area contributed by atoms with Crippen LogP contribution >= 0.6 is 11.6 Å². The third-order valence-corrected chi connectivity index (χ3v) is 3.03. The summed E-state index contributed by atoms with van der Waals surface area (Å²) in [5.41, 5.74) is 1.13. The van der Waals surface area contributed by atoms with Gasteiger partial charge in [0.2, 0.25) is 0 Å². The van der Waals surface area contributed by atoms with Crippen molar-refractivity contribution < 1.29 is 18.7 Å². The zero-order chi connectivity index (χ0) is 14.5. The normalized spacial score (nSPS) is 10.2. The highest BCUT2D eigenvalue weighted by Gasteiger charge is 2.11. The maximum absolute atomic E-state index is 13.6. The van der Waals surface area contributed by atoms with Gasteiger partial charge in [0.25, 0.3) is 0 Å². The van der Waals surface area contributed by atoms with Crippen LogP contribution in [0.2, 0.25) is 5.02 Å². The zero-order valence-corrected chi connectivity index (χ0v) is 11.5. The Balaban J connectivity index is 2.24. The molecule has 5 heteroatoms. The molecule has 0 spiro atoms. The number of hydrogen-bond acceptors (Lipinski definition) is 3. The maximum atomic E-state index is 13.6. The van der Waals surface area contributed by atoms with E-state index >= 15 is 0 Å². The molecule has 2 aromatic carbocycles. The number of para-hydroxylation sites is 1. The summed E-state index contributed by atoms with van der Waals surface area (Å²) >= 11 is 5.88. The average molecular weight is 295 g/mol. The second kappa shape index (κ2) is 6.39. The molecule has 2 aromatic rings. The Morgan fingerprint density at radius 2 is 2.10 bits per heavy atom. The third kappa shape index (κ3) is 3.08. The van der Waals surface area contributed by atoms with Gasteiger partial charge in [-0.2, -0.15) is 0 Å². The van der Waals surface area contributed by atoms with Gasteiger partial charge < -0.3 is 9.47 Å². The molecule has 0 fully saturated rings. The topological polar surface area (TPSA) is 35.5 Å². The van der Waals surface area contributed by atoms with Crippen LogP contribution in [0.15, 0.2) is 36.4 Å². The van der Waals surface area contributed by atoms with E-state index in [0.29, 0.717) is 16.9 Å². The zero-order valence-electron chi connectivity index (χ0n) is 10.7. The van der Waals surface area contributed by atoms with E-state index in [4.69, 9.17) is 21.1 Å². The number of carbonyl (C=O) groups is 1. The summed E-state index contributed by atoms with van der Waals surface area (Å²) in [6.07, 6.45) is 0.721. The molecule has 0 radical (unpaired) electrons. The summed E-state index contributed by atoms with van der Waals surface area (Å²) in [6.45, 7) is 0.0471. The van der Waals surface area contributed by atoms with Crippen molar-refractivity contribution in [3.63, 3.8) is 0 Å². The first-order valence-electron chi connectivity index (χ1n) is 5.84. The maximum Gasteiger partial charge on any atom is 0.174 e. The minimum atomic E-state index is -0.539. The van der Waals surface area contributed by atoms with E-state index in [1.807, 2.05) is 0 Å². The first-order valence-corrected chi connectivity index (χ1v) is 6.22. The predicted octanol–water partition coefficient (Wildman–Crippen LogP) is 3.88. The van der Waals surface area contributed by atoms with Crippen LogP contribution < -0.4 is 9.47 Å². The van der Waals surface area contributed by atoms with Gasteiger partial charge in [0.15, 0.2) is 11.6 Å². The molecule has 0 atom stereocenters. The van der Waals surface area contributed by atoms with E-state index in [1.54, 1.807) is 24.3 Å². The lowest BCUT2D eigenvalue weighted by molar-refractivity contribution is 0.112. The Morgan fingerprint density at radius 1 is 1.30 bits per heavy atom. The molecule has 2 rings (SSSR count). The van der Waals surface area contributed by atoms with E-state index < -0.39 is 5.82 Å². The first kappa shape index (κ1) is 14.3. The van der Waals surface area contributed by atoms with Gasteiger partial charge in [0, 0.05) is 11.1 Å². The van der Waals surface area contributed by atoms with Crippen LogP contribution in [0.5, 0.6) is 11.5 Å². The van der Waals surface area contributed by atoms with Crippen molar-refractivity contribution >= 4 is 17.9 Å². The first-order chi connectivity index (χ1) is 9.65. The van der Waals surface area contributed by atoms with E-state index in [1.165, 1.54) is 19.2 Å². The molecule has 0 aliphatic carbocycles. The smallest absolute Gasteiger partial charge is 0.174 e. The monoisotopic (exact) mass is 294 g/mol. The molecule has 0 aliphatic heterocycles. The highest BCUT2D eigenvalue weighted by atomic mass is 35.5. The summed E-state index contributed by atoms with van der Waals surface area (Å²) in [5.74, 6) is -0.00111. The number of aldehydes is 1. The van der Waals surface area contributed by atoms with Crippen molar-refractivity contribution in [2.24, 2.45) is 0 Å². The summed E-state index contributed by atoms with van der Waals surface area (Å²) in [7, 11) is 1.51. The quantitative estimate of drug-likeness (QED) is 0.785. The Labute approximate surface area is 120 Å². The second-order valence-corrected chi connectivity index (χ2v) is 4.44. The van der Waals surface area contributed by atoms with Gasteiger partial charge >= 0.3 is 0 Å². The minimum Gasteiger partial charge on any atom is -0.496 e. The molecule has 0 heterocycles.